The van der Waals surface area contributed by atoms with Crippen molar-refractivity contribution in [3.05, 3.63) is 34.1 Å². The Balaban J connectivity index is 0.00000243. The first-order chi connectivity index (χ1) is 12.2. The normalized spacial score (nSPS) is 23.7. The number of rotatable bonds is 4. The molecule has 0 aliphatic carbocycles. The topological polar surface area (TPSA) is 46.1 Å². The molecule has 1 aromatic rings. The molecule has 3 rings (SSSR count). The van der Waals surface area contributed by atoms with Gasteiger partial charge in [-0.15, -0.1) is 24.0 Å². The average molecular weight is 542 g/mol. The standard InChI is InChI=1S/C18H25BrFN3O2.HI/c1-2-21-18(22-11-13-5-6-14(19)10-15(13)20)23-7-9-25-17(12-23)16-4-3-8-24-16;/h5-6,10,16-17H,2-4,7-9,11-12H2,1H3,(H,21,22);1H. The van der Waals surface area contributed by atoms with Gasteiger partial charge in [0.15, 0.2) is 5.96 Å². The van der Waals surface area contributed by atoms with Crippen LogP contribution in [0.5, 0.6) is 0 Å². The second-order valence-electron chi connectivity index (χ2n) is 6.31. The van der Waals surface area contributed by atoms with Crippen LogP contribution >= 0.6 is 39.9 Å². The molecule has 0 saturated carbocycles. The Morgan fingerprint density at radius 3 is 2.85 bits per heavy atom. The number of halogens is 3. The zero-order chi connectivity index (χ0) is 17.6. The Bertz CT molecular complexity index is 614. The number of morpholine rings is 1. The van der Waals surface area contributed by atoms with Crippen LogP contribution in [0.4, 0.5) is 4.39 Å². The molecule has 5 nitrogen and oxygen atoms in total. The highest BCUT2D eigenvalue weighted by atomic mass is 127. The molecule has 2 heterocycles. The molecular weight excluding hydrogens is 516 g/mol. The summed E-state index contributed by atoms with van der Waals surface area (Å²) in [6, 6.07) is 5.07. The fourth-order valence-electron chi connectivity index (χ4n) is 3.22. The molecule has 2 saturated heterocycles. The summed E-state index contributed by atoms with van der Waals surface area (Å²) in [6.07, 6.45) is 2.40. The van der Waals surface area contributed by atoms with Crippen molar-refractivity contribution in [3.63, 3.8) is 0 Å². The predicted octanol–water partition coefficient (Wildman–Crippen LogP) is 3.55. The Kier molecular flexibility index (Phi) is 9.05. The number of ether oxygens (including phenoxy) is 2. The molecule has 26 heavy (non-hydrogen) atoms. The minimum atomic E-state index is -0.242. The molecule has 2 aliphatic heterocycles. The van der Waals surface area contributed by atoms with Crippen molar-refractivity contribution in [1.82, 2.24) is 10.2 Å². The highest BCUT2D eigenvalue weighted by molar-refractivity contribution is 14.0. The van der Waals surface area contributed by atoms with Gasteiger partial charge in [0, 0.05) is 36.3 Å². The largest absolute Gasteiger partial charge is 0.375 e. The quantitative estimate of drug-likeness (QED) is 0.360. The summed E-state index contributed by atoms with van der Waals surface area (Å²) in [7, 11) is 0. The van der Waals surface area contributed by atoms with Gasteiger partial charge in [0.2, 0.25) is 0 Å². The minimum absolute atomic E-state index is 0. The number of hydrogen-bond acceptors (Lipinski definition) is 3. The number of hydrogen-bond donors (Lipinski definition) is 1. The van der Waals surface area contributed by atoms with Gasteiger partial charge in [-0.1, -0.05) is 22.0 Å². The van der Waals surface area contributed by atoms with Crippen LogP contribution in [0.15, 0.2) is 27.7 Å². The van der Waals surface area contributed by atoms with Crippen molar-refractivity contribution in [2.45, 2.75) is 38.5 Å². The van der Waals surface area contributed by atoms with Crippen LogP contribution in [-0.4, -0.2) is 55.9 Å². The highest BCUT2D eigenvalue weighted by Gasteiger charge is 2.32. The van der Waals surface area contributed by atoms with Crippen molar-refractivity contribution in [2.75, 3.05) is 32.8 Å². The van der Waals surface area contributed by atoms with Gasteiger partial charge in [0.05, 0.1) is 19.3 Å². The zero-order valence-corrected chi connectivity index (χ0v) is 18.8. The van der Waals surface area contributed by atoms with Crippen LogP contribution in [0.1, 0.15) is 25.3 Å². The first-order valence-electron chi connectivity index (χ1n) is 8.87. The lowest BCUT2D eigenvalue weighted by molar-refractivity contribution is -0.0817. The van der Waals surface area contributed by atoms with E-state index in [1.807, 2.05) is 13.0 Å². The zero-order valence-electron chi connectivity index (χ0n) is 14.9. The second kappa shape index (κ2) is 10.8. The Morgan fingerprint density at radius 1 is 1.35 bits per heavy atom. The van der Waals surface area contributed by atoms with Crippen molar-refractivity contribution in [3.8, 4) is 0 Å². The molecule has 0 amide bonds. The van der Waals surface area contributed by atoms with E-state index in [9.17, 15) is 4.39 Å². The lowest BCUT2D eigenvalue weighted by Crippen LogP contribution is -2.53. The lowest BCUT2D eigenvalue weighted by Gasteiger charge is -2.37. The number of guanidine groups is 1. The maximum absolute atomic E-state index is 14.0. The number of benzene rings is 1. The molecule has 0 spiro atoms. The number of nitrogens with zero attached hydrogens (tertiary/aromatic N) is 2. The molecule has 0 aromatic heterocycles. The molecule has 2 fully saturated rings. The molecule has 0 radical (unpaired) electrons. The third-order valence-corrected chi connectivity index (χ3v) is 5.02. The molecule has 1 N–H and O–H groups in total. The van der Waals surface area contributed by atoms with E-state index in [0.29, 0.717) is 18.7 Å². The van der Waals surface area contributed by atoms with Crippen molar-refractivity contribution >= 4 is 45.9 Å². The fourth-order valence-corrected chi connectivity index (χ4v) is 3.56. The first kappa shape index (κ1) is 21.8. The summed E-state index contributed by atoms with van der Waals surface area (Å²) >= 11 is 3.28. The van der Waals surface area contributed by atoms with Gasteiger partial charge in [0.1, 0.15) is 11.9 Å². The summed E-state index contributed by atoms with van der Waals surface area (Å²) in [5.41, 5.74) is 0.586. The predicted molar refractivity (Wildman–Crippen MR) is 115 cm³/mol. The highest BCUT2D eigenvalue weighted by Crippen LogP contribution is 2.21. The van der Waals surface area contributed by atoms with E-state index in [2.05, 4.69) is 31.1 Å². The third-order valence-electron chi connectivity index (χ3n) is 4.52. The van der Waals surface area contributed by atoms with Crippen molar-refractivity contribution < 1.29 is 13.9 Å². The van der Waals surface area contributed by atoms with E-state index in [4.69, 9.17) is 9.47 Å². The summed E-state index contributed by atoms with van der Waals surface area (Å²) in [4.78, 5) is 6.83. The summed E-state index contributed by atoms with van der Waals surface area (Å²) in [5.74, 6) is 0.560. The van der Waals surface area contributed by atoms with Crippen LogP contribution < -0.4 is 5.32 Å². The van der Waals surface area contributed by atoms with Crippen molar-refractivity contribution in [1.29, 1.82) is 0 Å². The Morgan fingerprint density at radius 2 is 2.15 bits per heavy atom. The van der Waals surface area contributed by atoms with Gasteiger partial charge in [-0.25, -0.2) is 9.38 Å². The molecule has 146 valence electrons. The summed E-state index contributed by atoms with van der Waals surface area (Å²) < 4.78 is 26.4. The molecule has 8 heteroatoms. The molecule has 1 aromatic carbocycles. The van der Waals surface area contributed by atoms with E-state index in [-0.39, 0.29) is 42.0 Å². The van der Waals surface area contributed by atoms with E-state index < -0.39 is 0 Å². The fraction of sp³-hybridized carbons (Fsp3) is 0.611. The van der Waals surface area contributed by atoms with Gasteiger partial charge in [0.25, 0.3) is 0 Å². The SMILES string of the molecule is CCNC(=NCc1ccc(Br)cc1F)N1CCOC(C2CCCO2)C1.I. The minimum Gasteiger partial charge on any atom is -0.375 e. The van der Waals surface area contributed by atoms with Crippen molar-refractivity contribution in [2.24, 2.45) is 4.99 Å². The molecule has 2 unspecified atom stereocenters. The maximum atomic E-state index is 14.0. The van der Waals surface area contributed by atoms with Crippen LogP contribution in [-0.2, 0) is 16.0 Å². The maximum Gasteiger partial charge on any atom is 0.194 e. The van der Waals surface area contributed by atoms with Gasteiger partial charge in [-0.05, 0) is 31.9 Å². The van der Waals surface area contributed by atoms with Crippen LogP contribution in [0.3, 0.4) is 0 Å². The molecule has 2 atom stereocenters. The van der Waals surface area contributed by atoms with Crippen LogP contribution in [0, 0.1) is 5.82 Å². The van der Waals surface area contributed by atoms with Crippen LogP contribution in [0.25, 0.3) is 0 Å². The van der Waals surface area contributed by atoms with E-state index in [1.54, 1.807) is 6.07 Å². The van der Waals surface area contributed by atoms with E-state index >= 15 is 0 Å². The first-order valence-corrected chi connectivity index (χ1v) is 9.67. The third kappa shape index (κ3) is 5.77. The molecule has 0 bridgehead atoms. The van der Waals surface area contributed by atoms with Gasteiger partial charge in [-0.2, -0.15) is 0 Å². The molecule has 2 aliphatic rings. The Hall–Kier alpha value is -0.450. The van der Waals surface area contributed by atoms with Crippen LogP contribution in [0.2, 0.25) is 0 Å². The van der Waals surface area contributed by atoms with E-state index in [0.717, 1.165) is 49.5 Å². The monoisotopic (exact) mass is 541 g/mol. The van der Waals surface area contributed by atoms with Gasteiger partial charge in [-0.3, -0.25) is 0 Å². The number of aliphatic imine (C=N–C) groups is 1. The number of nitrogens with one attached hydrogen (secondary N) is 1. The summed E-state index contributed by atoms with van der Waals surface area (Å²) in [5, 5.41) is 3.31. The van der Waals surface area contributed by atoms with Gasteiger partial charge >= 0.3 is 0 Å². The van der Waals surface area contributed by atoms with Gasteiger partial charge < -0.3 is 19.7 Å². The lowest BCUT2D eigenvalue weighted by atomic mass is 10.1. The van der Waals surface area contributed by atoms with E-state index in [1.165, 1.54) is 6.07 Å². The molecular formula is C18H26BrFIN3O2. The summed E-state index contributed by atoms with van der Waals surface area (Å²) in [6.45, 7) is 6.11. The average Bonchev–Trinajstić information content (AvgIpc) is 3.15. The Labute approximate surface area is 179 Å². The second-order valence-corrected chi connectivity index (χ2v) is 7.23. The smallest absolute Gasteiger partial charge is 0.194 e.